The van der Waals surface area contributed by atoms with Gasteiger partial charge in [0, 0.05) is 17.5 Å². The van der Waals surface area contributed by atoms with E-state index in [4.69, 9.17) is 5.73 Å². The first-order valence-electron chi connectivity index (χ1n) is 7.44. The van der Waals surface area contributed by atoms with Crippen LogP contribution in [-0.2, 0) is 6.42 Å². The van der Waals surface area contributed by atoms with E-state index in [1.54, 1.807) is 6.20 Å². The summed E-state index contributed by atoms with van der Waals surface area (Å²) in [6.07, 6.45) is 2.59. The second-order valence-electron chi connectivity index (χ2n) is 5.35. The van der Waals surface area contributed by atoms with Gasteiger partial charge in [0.2, 0.25) is 0 Å². The number of nitrogens with two attached hydrogens (primary N) is 1. The van der Waals surface area contributed by atoms with Crippen LogP contribution < -0.4 is 5.73 Å². The van der Waals surface area contributed by atoms with Gasteiger partial charge in [-0.15, -0.1) is 11.3 Å². The number of nitrogens with zero attached hydrogens (tertiary/aromatic N) is 2. The highest BCUT2D eigenvalue weighted by molar-refractivity contribution is 7.15. The quantitative estimate of drug-likeness (QED) is 0.604. The van der Waals surface area contributed by atoms with E-state index < -0.39 is 0 Å². The molecule has 2 heterocycles. The van der Waals surface area contributed by atoms with Crippen molar-refractivity contribution < 1.29 is 0 Å². The highest BCUT2D eigenvalue weighted by atomic mass is 32.1. The molecule has 2 N–H and O–H groups in total. The lowest BCUT2D eigenvalue weighted by Crippen LogP contribution is -1.92. The topological polar surface area (TPSA) is 51.8 Å². The van der Waals surface area contributed by atoms with E-state index in [9.17, 15) is 0 Å². The lowest BCUT2D eigenvalue weighted by atomic mass is 10.0. The fourth-order valence-electron chi connectivity index (χ4n) is 2.81. The lowest BCUT2D eigenvalue weighted by molar-refractivity contribution is 1.21. The van der Waals surface area contributed by atoms with Gasteiger partial charge in [0.05, 0.1) is 5.69 Å². The van der Waals surface area contributed by atoms with E-state index in [2.05, 4.69) is 52.4 Å². The van der Waals surface area contributed by atoms with Crippen LogP contribution >= 0.6 is 11.3 Å². The number of hydrogen-bond donors (Lipinski definition) is 1. The number of benzene rings is 2. The standard InChI is InChI=1S/C19H15N3S/c20-19-22-18(16-10-3-4-11-21-16)17(23-19)12-14-8-5-7-13-6-1-2-9-15(13)14/h1-11H,12H2,(H2,20,22). The molecule has 23 heavy (non-hydrogen) atoms. The van der Waals surface area contributed by atoms with Gasteiger partial charge in [-0.25, -0.2) is 4.98 Å². The van der Waals surface area contributed by atoms with E-state index in [0.717, 1.165) is 22.7 Å². The highest BCUT2D eigenvalue weighted by Gasteiger charge is 2.14. The fraction of sp³-hybridized carbons (Fsp3) is 0.0526. The van der Waals surface area contributed by atoms with Crippen molar-refractivity contribution in [2.75, 3.05) is 5.73 Å². The molecular formula is C19H15N3S. The summed E-state index contributed by atoms with van der Waals surface area (Å²) < 4.78 is 0. The molecule has 0 saturated carbocycles. The minimum Gasteiger partial charge on any atom is -0.375 e. The average Bonchev–Trinajstić information content (AvgIpc) is 2.96. The Morgan fingerprint density at radius 1 is 0.913 bits per heavy atom. The summed E-state index contributed by atoms with van der Waals surface area (Å²) in [6, 6.07) is 20.7. The van der Waals surface area contributed by atoms with Crippen LogP contribution in [0.2, 0.25) is 0 Å². The molecule has 2 aromatic carbocycles. The third kappa shape index (κ3) is 2.69. The van der Waals surface area contributed by atoms with Crippen molar-refractivity contribution in [3.63, 3.8) is 0 Å². The number of aromatic nitrogens is 2. The number of hydrogen-bond acceptors (Lipinski definition) is 4. The van der Waals surface area contributed by atoms with E-state index in [-0.39, 0.29) is 0 Å². The molecule has 0 amide bonds. The monoisotopic (exact) mass is 317 g/mol. The second-order valence-corrected chi connectivity index (χ2v) is 6.47. The van der Waals surface area contributed by atoms with Crippen molar-refractivity contribution in [1.82, 2.24) is 9.97 Å². The predicted octanol–water partition coefficient (Wildman–Crippen LogP) is 4.53. The van der Waals surface area contributed by atoms with E-state index in [1.807, 2.05) is 18.2 Å². The van der Waals surface area contributed by atoms with Crippen molar-refractivity contribution in [2.24, 2.45) is 0 Å². The summed E-state index contributed by atoms with van der Waals surface area (Å²) in [5.74, 6) is 0. The van der Waals surface area contributed by atoms with Crippen LogP contribution in [-0.4, -0.2) is 9.97 Å². The summed E-state index contributed by atoms with van der Waals surface area (Å²) in [4.78, 5) is 10.1. The molecule has 4 heteroatoms. The van der Waals surface area contributed by atoms with Gasteiger partial charge >= 0.3 is 0 Å². The normalized spacial score (nSPS) is 11.0. The smallest absolute Gasteiger partial charge is 0.180 e. The van der Waals surface area contributed by atoms with Crippen molar-refractivity contribution in [3.05, 3.63) is 77.3 Å². The summed E-state index contributed by atoms with van der Waals surface area (Å²) >= 11 is 1.54. The predicted molar refractivity (Wildman–Crippen MR) is 96.5 cm³/mol. The van der Waals surface area contributed by atoms with Crippen molar-refractivity contribution in [3.8, 4) is 11.4 Å². The third-order valence-corrected chi connectivity index (χ3v) is 4.74. The second kappa shape index (κ2) is 5.82. The van der Waals surface area contributed by atoms with E-state index >= 15 is 0 Å². The van der Waals surface area contributed by atoms with Crippen LogP contribution in [0.4, 0.5) is 5.13 Å². The Kier molecular flexibility index (Phi) is 3.52. The highest BCUT2D eigenvalue weighted by Crippen LogP contribution is 2.32. The first kappa shape index (κ1) is 13.9. The van der Waals surface area contributed by atoms with Gasteiger partial charge in [-0.2, -0.15) is 0 Å². The zero-order valence-electron chi connectivity index (χ0n) is 12.4. The average molecular weight is 317 g/mol. The molecule has 0 aliphatic heterocycles. The minimum atomic E-state index is 0.584. The molecule has 112 valence electrons. The number of anilines is 1. The van der Waals surface area contributed by atoms with Gasteiger partial charge in [0.1, 0.15) is 5.69 Å². The molecule has 0 aliphatic carbocycles. The van der Waals surface area contributed by atoms with E-state index in [1.165, 1.54) is 27.7 Å². The number of rotatable bonds is 3. The number of thiazole rings is 1. The first-order chi connectivity index (χ1) is 11.3. The molecule has 2 aromatic heterocycles. The Balaban J connectivity index is 1.80. The molecule has 3 nitrogen and oxygen atoms in total. The van der Waals surface area contributed by atoms with Crippen molar-refractivity contribution in [1.29, 1.82) is 0 Å². The fourth-order valence-corrected chi connectivity index (χ4v) is 3.68. The summed E-state index contributed by atoms with van der Waals surface area (Å²) in [5, 5.41) is 3.11. The van der Waals surface area contributed by atoms with Crippen LogP contribution in [0, 0.1) is 0 Å². The molecule has 0 aliphatic rings. The zero-order valence-corrected chi connectivity index (χ0v) is 13.3. The molecule has 4 rings (SSSR count). The molecule has 0 saturated heterocycles. The maximum Gasteiger partial charge on any atom is 0.180 e. The number of nitrogen functional groups attached to an aromatic ring is 1. The van der Waals surface area contributed by atoms with Crippen LogP contribution in [0.5, 0.6) is 0 Å². The van der Waals surface area contributed by atoms with Gasteiger partial charge in [-0.3, -0.25) is 4.98 Å². The maximum atomic E-state index is 5.96. The molecule has 0 atom stereocenters. The molecule has 0 unspecified atom stereocenters. The third-order valence-electron chi connectivity index (χ3n) is 3.85. The Morgan fingerprint density at radius 3 is 2.61 bits per heavy atom. The Labute approximate surface area is 138 Å². The lowest BCUT2D eigenvalue weighted by Gasteiger charge is -2.06. The zero-order chi connectivity index (χ0) is 15.6. The summed E-state index contributed by atoms with van der Waals surface area (Å²) in [5.41, 5.74) is 9.00. The first-order valence-corrected chi connectivity index (χ1v) is 8.26. The largest absolute Gasteiger partial charge is 0.375 e. The van der Waals surface area contributed by atoms with Gasteiger partial charge in [-0.05, 0) is 28.5 Å². The van der Waals surface area contributed by atoms with Crippen molar-refractivity contribution >= 4 is 27.2 Å². The van der Waals surface area contributed by atoms with Gasteiger partial charge < -0.3 is 5.73 Å². The Hall–Kier alpha value is -2.72. The number of pyridine rings is 1. The van der Waals surface area contributed by atoms with Crippen LogP contribution in [0.1, 0.15) is 10.4 Å². The van der Waals surface area contributed by atoms with Crippen LogP contribution in [0.3, 0.4) is 0 Å². The van der Waals surface area contributed by atoms with Crippen LogP contribution in [0.25, 0.3) is 22.2 Å². The summed E-state index contributed by atoms with van der Waals surface area (Å²) in [6.45, 7) is 0. The Morgan fingerprint density at radius 2 is 1.74 bits per heavy atom. The molecule has 4 aromatic rings. The van der Waals surface area contributed by atoms with Gasteiger partial charge in [0.15, 0.2) is 5.13 Å². The molecule has 0 radical (unpaired) electrons. The van der Waals surface area contributed by atoms with Gasteiger partial charge in [0.25, 0.3) is 0 Å². The maximum absolute atomic E-state index is 5.96. The van der Waals surface area contributed by atoms with E-state index in [0.29, 0.717) is 5.13 Å². The summed E-state index contributed by atoms with van der Waals surface area (Å²) in [7, 11) is 0. The van der Waals surface area contributed by atoms with Crippen molar-refractivity contribution in [2.45, 2.75) is 6.42 Å². The Bertz CT molecular complexity index is 955. The molecule has 0 spiro atoms. The van der Waals surface area contributed by atoms with Gasteiger partial charge in [-0.1, -0.05) is 48.5 Å². The molecular weight excluding hydrogens is 302 g/mol. The SMILES string of the molecule is Nc1nc(-c2ccccn2)c(Cc2cccc3ccccc23)s1. The minimum absolute atomic E-state index is 0.584. The molecule has 0 fully saturated rings. The molecule has 0 bridgehead atoms. The van der Waals surface area contributed by atoms with Crippen LogP contribution in [0.15, 0.2) is 66.9 Å². The number of fused-ring (bicyclic) bond motifs is 1.